The van der Waals surface area contributed by atoms with Crippen LogP contribution in [0.3, 0.4) is 0 Å². The van der Waals surface area contributed by atoms with E-state index >= 15 is 0 Å². The third-order valence-electron chi connectivity index (χ3n) is 5.14. The fourth-order valence-electron chi connectivity index (χ4n) is 3.50. The van der Waals surface area contributed by atoms with Crippen LogP contribution in [-0.4, -0.2) is 39.7 Å². The minimum absolute atomic E-state index is 0.0512. The smallest absolute Gasteiger partial charge is 0.227 e. The number of carbonyl (C=O) groups excluding carboxylic acids is 2. The average Bonchev–Trinajstić information content (AvgIpc) is 3.14. The Morgan fingerprint density at radius 1 is 1.13 bits per heavy atom. The summed E-state index contributed by atoms with van der Waals surface area (Å²) >= 11 is 3.47. The molecule has 30 heavy (non-hydrogen) atoms. The molecule has 0 saturated carbocycles. The van der Waals surface area contributed by atoms with Gasteiger partial charge in [0.05, 0.1) is 27.2 Å². The number of aryl methyl sites for hydroxylation is 1. The van der Waals surface area contributed by atoms with Gasteiger partial charge in [0.15, 0.2) is 11.5 Å². The lowest BCUT2D eigenvalue weighted by atomic mass is 10.1. The van der Waals surface area contributed by atoms with Crippen LogP contribution in [0.4, 0.5) is 5.69 Å². The van der Waals surface area contributed by atoms with Gasteiger partial charge < -0.3 is 24.4 Å². The molecule has 2 aromatic carbocycles. The normalized spacial score (nSPS) is 15.8. The maximum atomic E-state index is 12.7. The standard InChI is InChI=1S/C22H25BrN2O5/c1-13-7-16(5-6-17(13)23)25-12-15(10-20(25)26)22(27)24-11-14-8-18(28-2)21(30-4)19(9-14)29-3/h5-9,15H,10-12H2,1-4H3,(H,24,27). The van der Waals surface area contributed by atoms with Crippen molar-refractivity contribution in [3.05, 3.63) is 45.9 Å². The van der Waals surface area contributed by atoms with E-state index in [0.717, 1.165) is 21.3 Å². The van der Waals surface area contributed by atoms with E-state index in [4.69, 9.17) is 14.2 Å². The second kappa shape index (κ2) is 9.38. The number of benzene rings is 2. The summed E-state index contributed by atoms with van der Waals surface area (Å²) in [7, 11) is 4.63. The number of rotatable bonds is 7. The molecule has 0 spiro atoms. The molecule has 0 aromatic heterocycles. The van der Waals surface area contributed by atoms with E-state index in [1.54, 1.807) is 31.3 Å². The maximum Gasteiger partial charge on any atom is 0.227 e. The second-order valence-electron chi connectivity index (χ2n) is 7.09. The van der Waals surface area contributed by atoms with Crippen LogP contribution >= 0.6 is 15.9 Å². The molecule has 1 N–H and O–H groups in total. The summed E-state index contributed by atoms with van der Waals surface area (Å²) in [6, 6.07) is 9.32. The molecule has 0 bridgehead atoms. The van der Waals surface area contributed by atoms with Gasteiger partial charge in [0, 0.05) is 29.7 Å². The monoisotopic (exact) mass is 476 g/mol. The molecule has 1 aliphatic heterocycles. The third-order valence-corrected chi connectivity index (χ3v) is 6.03. The molecule has 160 valence electrons. The Hall–Kier alpha value is -2.74. The van der Waals surface area contributed by atoms with Gasteiger partial charge in [0.2, 0.25) is 17.6 Å². The number of nitrogens with zero attached hydrogens (tertiary/aromatic N) is 1. The van der Waals surface area contributed by atoms with Gasteiger partial charge in [-0.2, -0.15) is 0 Å². The highest BCUT2D eigenvalue weighted by Gasteiger charge is 2.35. The van der Waals surface area contributed by atoms with E-state index in [1.165, 1.54) is 7.11 Å². The summed E-state index contributed by atoms with van der Waals surface area (Å²) in [5.41, 5.74) is 2.65. The van der Waals surface area contributed by atoms with Crippen LogP contribution in [0.2, 0.25) is 0 Å². The minimum Gasteiger partial charge on any atom is -0.493 e. The zero-order valence-corrected chi connectivity index (χ0v) is 19.0. The summed E-state index contributed by atoms with van der Waals surface area (Å²) in [5.74, 6) is 0.932. The predicted molar refractivity (Wildman–Crippen MR) is 117 cm³/mol. The molecule has 2 amide bonds. The van der Waals surface area contributed by atoms with E-state index < -0.39 is 5.92 Å². The lowest BCUT2D eigenvalue weighted by molar-refractivity contribution is -0.126. The molecule has 1 aliphatic rings. The van der Waals surface area contributed by atoms with Crippen LogP contribution in [0.5, 0.6) is 17.2 Å². The summed E-state index contributed by atoms with van der Waals surface area (Å²) in [5, 5.41) is 2.92. The first kappa shape index (κ1) is 22.0. The largest absolute Gasteiger partial charge is 0.493 e. The van der Waals surface area contributed by atoms with Gasteiger partial charge in [-0.25, -0.2) is 0 Å². The summed E-state index contributed by atoms with van der Waals surface area (Å²) in [6.07, 6.45) is 0.191. The zero-order valence-electron chi connectivity index (χ0n) is 17.5. The van der Waals surface area contributed by atoms with Crippen molar-refractivity contribution in [2.75, 3.05) is 32.8 Å². The molecule has 2 aromatic rings. The maximum absolute atomic E-state index is 12.7. The highest BCUT2D eigenvalue weighted by molar-refractivity contribution is 9.10. The molecule has 7 nitrogen and oxygen atoms in total. The lowest BCUT2D eigenvalue weighted by Crippen LogP contribution is -2.32. The Labute approximate surface area is 184 Å². The summed E-state index contributed by atoms with van der Waals surface area (Å²) in [4.78, 5) is 26.9. The van der Waals surface area contributed by atoms with Crippen molar-refractivity contribution in [2.24, 2.45) is 5.92 Å². The number of ether oxygens (including phenoxy) is 3. The fraction of sp³-hybridized carbons (Fsp3) is 0.364. The number of carbonyl (C=O) groups is 2. The van der Waals surface area contributed by atoms with Crippen LogP contribution in [-0.2, 0) is 16.1 Å². The van der Waals surface area contributed by atoms with E-state index in [2.05, 4.69) is 21.2 Å². The molecule has 1 fully saturated rings. The predicted octanol–water partition coefficient (Wildman–Crippen LogP) is 3.45. The molecule has 8 heteroatoms. The number of hydrogen-bond donors (Lipinski definition) is 1. The van der Waals surface area contributed by atoms with Gasteiger partial charge in [0.25, 0.3) is 0 Å². The minimum atomic E-state index is -0.400. The number of halogens is 1. The number of hydrogen-bond acceptors (Lipinski definition) is 5. The first-order chi connectivity index (χ1) is 14.4. The SMILES string of the molecule is COc1cc(CNC(=O)C2CC(=O)N(c3ccc(Br)c(C)c3)C2)cc(OC)c1OC. The van der Waals surface area contributed by atoms with Gasteiger partial charge in [-0.1, -0.05) is 15.9 Å². The van der Waals surface area contributed by atoms with Crippen LogP contribution in [0.25, 0.3) is 0 Å². The van der Waals surface area contributed by atoms with Crippen LogP contribution in [0.1, 0.15) is 17.5 Å². The number of amides is 2. The van der Waals surface area contributed by atoms with Crippen molar-refractivity contribution in [3.63, 3.8) is 0 Å². The van der Waals surface area contributed by atoms with E-state index in [1.807, 2.05) is 25.1 Å². The van der Waals surface area contributed by atoms with Crippen molar-refractivity contribution in [3.8, 4) is 17.2 Å². The van der Waals surface area contributed by atoms with Crippen molar-refractivity contribution in [1.82, 2.24) is 5.32 Å². The van der Waals surface area contributed by atoms with Crippen molar-refractivity contribution < 1.29 is 23.8 Å². The quantitative estimate of drug-likeness (QED) is 0.661. The number of nitrogens with one attached hydrogen (secondary N) is 1. The molecule has 1 unspecified atom stereocenters. The number of methoxy groups -OCH3 is 3. The first-order valence-corrected chi connectivity index (χ1v) is 10.3. The van der Waals surface area contributed by atoms with Gasteiger partial charge >= 0.3 is 0 Å². The highest BCUT2D eigenvalue weighted by Crippen LogP contribution is 2.38. The summed E-state index contributed by atoms with van der Waals surface area (Å²) in [6.45, 7) is 2.62. The van der Waals surface area contributed by atoms with Gasteiger partial charge in [0.1, 0.15) is 0 Å². The van der Waals surface area contributed by atoms with Crippen LogP contribution in [0, 0.1) is 12.8 Å². The first-order valence-electron chi connectivity index (χ1n) is 9.51. The Bertz CT molecular complexity index is 938. The van der Waals surface area contributed by atoms with Crippen molar-refractivity contribution in [2.45, 2.75) is 19.9 Å². The molecular weight excluding hydrogens is 452 g/mol. The van der Waals surface area contributed by atoms with Crippen molar-refractivity contribution in [1.29, 1.82) is 0 Å². The van der Waals surface area contributed by atoms with Crippen LogP contribution < -0.4 is 24.4 Å². The van der Waals surface area contributed by atoms with Crippen LogP contribution in [0.15, 0.2) is 34.8 Å². The molecule has 1 atom stereocenters. The zero-order chi connectivity index (χ0) is 21.8. The molecule has 0 aliphatic carbocycles. The van der Waals surface area contributed by atoms with Gasteiger partial charge in [-0.05, 0) is 48.4 Å². The Morgan fingerprint density at radius 3 is 2.37 bits per heavy atom. The highest BCUT2D eigenvalue weighted by atomic mass is 79.9. The molecular formula is C22H25BrN2O5. The van der Waals surface area contributed by atoms with Crippen molar-refractivity contribution >= 4 is 33.4 Å². The average molecular weight is 477 g/mol. The van der Waals surface area contributed by atoms with Gasteiger partial charge in [-0.15, -0.1) is 0 Å². The second-order valence-corrected chi connectivity index (χ2v) is 7.94. The Balaban J connectivity index is 1.67. The van der Waals surface area contributed by atoms with E-state index in [0.29, 0.717) is 23.8 Å². The van der Waals surface area contributed by atoms with Gasteiger partial charge in [-0.3, -0.25) is 9.59 Å². The molecule has 3 rings (SSSR count). The van der Waals surface area contributed by atoms with E-state index in [-0.39, 0.29) is 24.8 Å². The van der Waals surface area contributed by atoms with E-state index in [9.17, 15) is 9.59 Å². The fourth-order valence-corrected chi connectivity index (χ4v) is 3.75. The topological polar surface area (TPSA) is 77.1 Å². The third kappa shape index (κ3) is 4.53. The molecule has 1 saturated heterocycles. The lowest BCUT2D eigenvalue weighted by Gasteiger charge is -2.18. The Kier molecular flexibility index (Phi) is 6.87. The summed E-state index contributed by atoms with van der Waals surface area (Å²) < 4.78 is 17.0. The molecule has 1 heterocycles. The number of anilines is 1. The Morgan fingerprint density at radius 2 is 1.80 bits per heavy atom. The molecule has 0 radical (unpaired) electrons.